The average molecular weight is 328 g/mol. The Balaban J connectivity index is 1.69. The lowest BCUT2D eigenvalue weighted by molar-refractivity contribution is 0.157. The highest BCUT2D eigenvalue weighted by molar-refractivity contribution is 5.31. The summed E-state index contributed by atoms with van der Waals surface area (Å²) in [7, 11) is 0. The largest absolute Gasteiger partial charge is 0.489 e. The van der Waals surface area contributed by atoms with Gasteiger partial charge in [-0.05, 0) is 29.7 Å². The van der Waals surface area contributed by atoms with E-state index in [1.165, 1.54) is 0 Å². The number of halogens is 1. The molecule has 0 amide bonds. The zero-order chi connectivity index (χ0) is 16.6. The van der Waals surface area contributed by atoms with E-state index in [9.17, 15) is 4.39 Å². The fraction of sp³-hybridized carbons (Fsp3) is 0.400. The molecule has 0 saturated carbocycles. The van der Waals surface area contributed by atoms with Crippen LogP contribution in [0.25, 0.3) is 0 Å². The summed E-state index contributed by atoms with van der Waals surface area (Å²) < 4.78 is 19.0. The van der Waals surface area contributed by atoms with Crippen molar-refractivity contribution in [1.29, 1.82) is 0 Å². The number of alkyl halides is 1. The predicted molar refractivity (Wildman–Crippen MR) is 95.0 cm³/mol. The third-order valence-corrected chi connectivity index (χ3v) is 4.47. The Morgan fingerprint density at radius 3 is 2.58 bits per heavy atom. The minimum Gasteiger partial charge on any atom is -0.489 e. The van der Waals surface area contributed by atoms with Crippen LogP contribution in [0.1, 0.15) is 23.6 Å². The van der Waals surface area contributed by atoms with Crippen molar-refractivity contribution < 1.29 is 9.13 Å². The van der Waals surface area contributed by atoms with Crippen molar-refractivity contribution in [3.05, 3.63) is 65.7 Å². The summed E-state index contributed by atoms with van der Waals surface area (Å²) in [5, 5.41) is 3.35. The molecular weight excluding hydrogens is 303 g/mol. The van der Waals surface area contributed by atoms with Gasteiger partial charge >= 0.3 is 0 Å². The Hall–Kier alpha value is -1.91. The van der Waals surface area contributed by atoms with Gasteiger partial charge in [0.05, 0.1) is 6.67 Å². The first-order chi connectivity index (χ1) is 11.9. The van der Waals surface area contributed by atoms with E-state index >= 15 is 0 Å². The quantitative estimate of drug-likeness (QED) is 0.841. The second-order valence-electron chi connectivity index (χ2n) is 6.13. The second-order valence-corrected chi connectivity index (χ2v) is 6.13. The molecule has 1 heterocycles. The van der Waals surface area contributed by atoms with Crippen molar-refractivity contribution in [3.8, 4) is 5.75 Å². The summed E-state index contributed by atoms with van der Waals surface area (Å²) >= 11 is 0. The van der Waals surface area contributed by atoms with Crippen molar-refractivity contribution >= 4 is 0 Å². The molecule has 1 aliphatic heterocycles. The maximum atomic E-state index is 13.1. The van der Waals surface area contributed by atoms with Crippen LogP contribution in [0.15, 0.2) is 54.6 Å². The van der Waals surface area contributed by atoms with E-state index in [4.69, 9.17) is 4.74 Å². The predicted octanol–water partition coefficient (Wildman–Crippen LogP) is 3.57. The van der Waals surface area contributed by atoms with Gasteiger partial charge < -0.3 is 10.1 Å². The summed E-state index contributed by atoms with van der Waals surface area (Å²) in [5.74, 6) is 0.843. The zero-order valence-electron chi connectivity index (χ0n) is 14.0. The highest BCUT2D eigenvalue weighted by Gasteiger charge is 2.22. The fourth-order valence-corrected chi connectivity index (χ4v) is 3.21. The van der Waals surface area contributed by atoms with Crippen molar-refractivity contribution in [1.82, 2.24) is 10.2 Å². The van der Waals surface area contributed by atoms with E-state index in [1.54, 1.807) is 0 Å². The van der Waals surface area contributed by atoms with Crippen LogP contribution in [0, 0.1) is 0 Å². The fourth-order valence-electron chi connectivity index (χ4n) is 3.21. The number of hydrogen-bond acceptors (Lipinski definition) is 3. The maximum absolute atomic E-state index is 13.1. The maximum Gasteiger partial charge on any atom is 0.120 e. The molecule has 2 aromatic carbocycles. The van der Waals surface area contributed by atoms with Crippen LogP contribution >= 0.6 is 0 Å². The number of rotatable bonds is 7. The number of hydrogen-bond donors (Lipinski definition) is 1. The van der Waals surface area contributed by atoms with Gasteiger partial charge in [-0.25, -0.2) is 0 Å². The van der Waals surface area contributed by atoms with E-state index in [2.05, 4.69) is 34.5 Å². The Labute approximate surface area is 143 Å². The number of benzene rings is 2. The van der Waals surface area contributed by atoms with E-state index in [-0.39, 0.29) is 12.7 Å². The van der Waals surface area contributed by atoms with E-state index in [0.29, 0.717) is 13.0 Å². The van der Waals surface area contributed by atoms with Gasteiger partial charge in [0.2, 0.25) is 0 Å². The molecule has 0 aliphatic carbocycles. The normalized spacial score (nSPS) is 16.7. The first-order valence-electron chi connectivity index (χ1n) is 8.64. The Kier molecular flexibility index (Phi) is 6.21. The van der Waals surface area contributed by atoms with Crippen LogP contribution < -0.4 is 10.1 Å². The van der Waals surface area contributed by atoms with Gasteiger partial charge in [0.15, 0.2) is 0 Å². The molecule has 1 N–H and O–H groups in total. The minimum absolute atomic E-state index is 0.123. The molecule has 3 nitrogen and oxygen atoms in total. The van der Waals surface area contributed by atoms with Gasteiger partial charge in [-0.2, -0.15) is 0 Å². The second kappa shape index (κ2) is 8.81. The van der Waals surface area contributed by atoms with Crippen molar-refractivity contribution in [2.24, 2.45) is 0 Å². The summed E-state index contributed by atoms with van der Waals surface area (Å²) in [6.07, 6.45) is 0.530. The van der Waals surface area contributed by atoms with Crippen LogP contribution in [0.4, 0.5) is 4.39 Å². The molecule has 24 heavy (non-hydrogen) atoms. The number of ether oxygens (including phenoxy) is 1. The third-order valence-electron chi connectivity index (χ3n) is 4.47. The molecule has 1 fully saturated rings. The lowest BCUT2D eigenvalue weighted by atomic mass is 10.0. The Morgan fingerprint density at radius 1 is 1.04 bits per heavy atom. The van der Waals surface area contributed by atoms with Crippen LogP contribution in [0.5, 0.6) is 5.75 Å². The lowest BCUT2D eigenvalue weighted by Gasteiger charge is -2.35. The van der Waals surface area contributed by atoms with E-state index in [0.717, 1.165) is 43.1 Å². The molecule has 1 atom stereocenters. The molecular formula is C20H25FN2O. The summed E-state index contributed by atoms with van der Waals surface area (Å²) in [6, 6.07) is 18.4. The smallest absolute Gasteiger partial charge is 0.120 e. The minimum atomic E-state index is -0.302. The molecule has 128 valence electrons. The van der Waals surface area contributed by atoms with Crippen molar-refractivity contribution in [2.75, 3.05) is 32.9 Å². The zero-order valence-corrected chi connectivity index (χ0v) is 14.0. The molecule has 0 bridgehead atoms. The van der Waals surface area contributed by atoms with E-state index < -0.39 is 0 Å². The molecule has 3 rings (SSSR count). The molecule has 2 aromatic rings. The Morgan fingerprint density at radius 2 is 1.83 bits per heavy atom. The molecule has 0 radical (unpaired) electrons. The topological polar surface area (TPSA) is 24.5 Å². The number of nitrogens with zero attached hydrogens (tertiary/aromatic N) is 1. The molecule has 0 aromatic heterocycles. The first-order valence-corrected chi connectivity index (χ1v) is 8.64. The lowest BCUT2D eigenvalue weighted by Crippen LogP contribution is -2.45. The summed E-state index contributed by atoms with van der Waals surface area (Å²) in [5.41, 5.74) is 2.28. The number of piperazine rings is 1. The van der Waals surface area contributed by atoms with Gasteiger partial charge in [0.25, 0.3) is 0 Å². The van der Waals surface area contributed by atoms with Crippen LogP contribution in [0.2, 0.25) is 0 Å². The Bertz CT molecular complexity index is 614. The number of nitrogens with one attached hydrogen (secondary N) is 1. The first kappa shape index (κ1) is 16.9. The molecule has 4 heteroatoms. The van der Waals surface area contributed by atoms with Gasteiger partial charge in [-0.1, -0.05) is 42.5 Å². The van der Waals surface area contributed by atoms with Crippen molar-refractivity contribution in [3.63, 3.8) is 0 Å². The molecule has 1 saturated heterocycles. The van der Waals surface area contributed by atoms with Gasteiger partial charge in [0, 0.05) is 32.2 Å². The van der Waals surface area contributed by atoms with E-state index in [1.807, 2.05) is 30.3 Å². The third kappa shape index (κ3) is 4.56. The van der Waals surface area contributed by atoms with Crippen LogP contribution in [-0.2, 0) is 6.61 Å². The van der Waals surface area contributed by atoms with Gasteiger partial charge in [0.1, 0.15) is 12.4 Å². The SMILES string of the molecule is FCC[C@@H](c1cccc(OCc2ccccc2)c1)N1CCNCC1. The highest BCUT2D eigenvalue weighted by Crippen LogP contribution is 2.28. The summed E-state index contributed by atoms with van der Waals surface area (Å²) in [6.45, 7) is 4.09. The van der Waals surface area contributed by atoms with Crippen LogP contribution in [-0.4, -0.2) is 37.8 Å². The average Bonchev–Trinajstić information content (AvgIpc) is 2.66. The van der Waals surface area contributed by atoms with Gasteiger partial charge in [-0.3, -0.25) is 9.29 Å². The standard InChI is InChI=1S/C20H25FN2O/c21-10-9-20(23-13-11-22-12-14-23)18-7-4-8-19(15-18)24-16-17-5-2-1-3-6-17/h1-8,15,20,22H,9-14,16H2/t20-/m0/s1. The molecule has 0 unspecified atom stereocenters. The van der Waals surface area contributed by atoms with Crippen molar-refractivity contribution in [2.45, 2.75) is 19.1 Å². The highest BCUT2D eigenvalue weighted by atomic mass is 19.1. The molecule has 1 aliphatic rings. The van der Waals surface area contributed by atoms with Gasteiger partial charge in [-0.15, -0.1) is 0 Å². The monoisotopic (exact) mass is 328 g/mol. The molecule has 0 spiro atoms. The van der Waals surface area contributed by atoms with Crippen LogP contribution in [0.3, 0.4) is 0 Å². The summed E-state index contributed by atoms with van der Waals surface area (Å²) in [4.78, 5) is 2.37.